The molecule has 2 fully saturated rings. The molecule has 1 saturated heterocycles. The summed E-state index contributed by atoms with van der Waals surface area (Å²) in [7, 11) is 0. The van der Waals surface area contributed by atoms with Crippen molar-refractivity contribution in [1.82, 2.24) is 19.7 Å². The molecule has 0 spiro atoms. The van der Waals surface area contributed by atoms with Crippen LogP contribution in [0.3, 0.4) is 0 Å². The van der Waals surface area contributed by atoms with Gasteiger partial charge in [-0.15, -0.1) is 5.10 Å². The van der Waals surface area contributed by atoms with Crippen molar-refractivity contribution in [3.05, 3.63) is 29.3 Å². The molecule has 1 aliphatic carbocycles. The molecule has 1 aromatic heterocycles. The maximum atomic E-state index is 13.3. The number of hydrogen-bond acceptors (Lipinski definition) is 6. The summed E-state index contributed by atoms with van der Waals surface area (Å²) in [5.74, 6) is 0.847. The highest BCUT2D eigenvalue weighted by Gasteiger charge is 2.44. The van der Waals surface area contributed by atoms with Crippen LogP contribution in [-0.2, 0) is 10.9 Å². The average Bonchev–Trinajstić information content (AvgIpc) is 3.21. The van der Waals surface area contributed by atoms with E-state index in [1.165, 1.54) is 6.07 Å². The first-order valence-electron chi connectivity index (χ1n) is 12.3. The van der Waals surface area contributed by atoms with Gasteiger partial charge in [0.25, 0.3) is 0 Å². The van der Waals surface area contributed by atoms with Crippen LogP contribution >= 0.6 is 0 Å². The Morgan fingerprint density at radius 2 is 1.75 bits per heavy atom. The quantitative estimate of drug-likeness (QED) is 0.530. The molecule has 1 saturated carbocycles. The number of hydrogen-bond donors (Lipinski definition) is 1. The van der Waals surface area contributed by atoms with E-state index in [1.54, 1.807) is 16.5 Å². The summed E-state index contributed by atoms with van der Waals surface area (Å²) in [6.45, 7) is 12.1. The third-order valence-corrected chi connectivity index (χ3v) is 6.46. The van der Waals surface area contributed by atoms with Crippen LogP contribution in [0.2, 0.25) is 0 Å². The Labute approximate surface area is 209 Å². The molecule has 2 aromatic rings. The summed E-state index contributed by atoms with van der Waals surface area (Å²) in [5.41, 5.74) is -0.894. The van der Waals surface area contributed by atoms with Crippen LogP contribution in [0.1, 0.15) is 64.6 Å². The van der Waals surface area contributed by atoms with Gasteiger partial charge < -0.3 is 19.7 Å². The van der Waals surface area contributed by atoms with E-state index in [-0.39, 0.29) is 41.8 Å². The molecule has 36 heavy (non-hydrogen) atoms. The Hall–Kier alpha value is -2.98. The van der Waals surface area contributed by atoms with E-state index < -0.39 is 17.3 Å². The van der Waals surface area contributed by atoms with E-state index in [2.05, 4.69) is 15.4 Å². The van der Waals surface area contributed by atoms with Crippen molar-refractivity contribution in [2.45, 2.75) is 78.2 Å². The first-order valence-corrected chi connectivity index (χ1v) is 12.3. The second kappa shape index (κ2) is 9.48. The second-order valence-corrected chi connectivity index (χ2v) is 11.0. The summed E-state index contributed by atoms with van der Waals surface area (Å²) >= 11 is 0. The van der Waals surface area contributed by atoms with E-state index in [1.807, 2.05) is 34.6 Å². The number of anilines is 1. The fraction of sp³-hybridized carbons (Fsp3) is 0.640. The summed E-state index contributed by atoms with van der Waals surface area (Å²) < 4.78 is 52.7. The minimum Gasteiger partial charge on any atom is -0.444 e. The zero-order valence-electron chi connectivity index (χ0n) is 21.5. The smallest absolute Gasteiger partial charge is 0.416 e. The number of halogens is 3. The lowest BCUT2D eigenvalue weighted by atomic mass is 9.92. The molecule has 2 bridgehead atoms. The Morgan fingerprint density at radius 1 is 1.11 bits per heavy atom. The van der Waals surface area contributed by atoms with Crippen LogP contribution in [0.15, 0.2) is 18.2 Å². The Kier molecular flexibility index (Phi) is 6.87. The topological polar surface area (TPSA) is 81.5 Å². The van der Waals surface area contributed by atoms with E-state index in [0.717, 1.165) is 25.0 Å². The van der Waals surface area contributed by atoms with Gasteiger partial charge in [0.1, 0.15) is 11.4 Å². The molecule has 1 N–H and O–H groups in total. The standard InChI is InChI=1S/C25H34F3N5O3/c1-14(2)33-22(35-19-10-15(3)9-18(11-19)25(26,27)28)30-21(31-33)29-20-16-7-8-17(20)13-32(12-16)23(34)36-24(4,5)6/h9-11,14,16-17,20H,7-8,12-13H2,1-6H3,(H,29,31)/t16-,17+,20-. The molecular weight excluding hydrogens is 475 g/mol. The van der Waals surface area contributed by atoms with Crippen LogP contribution < -0.4 is 10.1 Å². The largest absolute Gasteiger partial charge is 0.444 e. The molecule has 1 aliphatic heterocycles. The minimum absolute atomic E-state index is 0.0499. The van der Waals surface area contributed by atoms with Crippen molar-refractivity contribution in [3.63, 3.8) is 0 Å². The maximum absolute atomic E-state index is 13.3. The van der Waals surface area contributed by atoms with Gasteiger partial charge in [0.05, 0.1) is 11.6 Å². The lowest BCUT2D eigenvalue weighted by molar-refractivity contribution is -0.137. The summed E-state index contributed by atoms with van der Waals surface area (Å²) in [6.07, 6.45) is -2.83. The molecule has 0 unspecified atom stereocenters. The van der Waals surface area contributed by atoms with Gasteiger partial charge in [-0.1, -0.05) is 0 Å². The van der Waals surface area contributed by atoms with Crippen molar-refractivity contribution >= 4 is 12.0 Å². The van der Waals surface area contributed by atoms with Crippen LogP contribution in [0, 0.1) is 18.8 Å². The number of fused-ring (bicyclic) bond motifs is 2. The average molecular weight is 510 g/mol. The van der Waals surface area contributed by atoms with Gasteiger partial charge in [0.15, 0.2) is 0 Å². The molecule has 2 heterocycles. The summed E-state index contributed by atoms with van der Waals surface area (Å²) in [6, 6.07) is 3.65. The fourth-order valence-corrected chi connectivity index (χ4v) is 4.93. The highest BCUT2D eigenvalue weighted by Crippen LogP contribution is 2.39. The Bertz CT molecular complexity index is 1100. The SMILES string of the molecule is Cc1cc(Oc2nc(N[C@@H]3[C@@H]4CC[C@H]3CN(C(=O)OC(C)(C)C)C4)nn2C(C)C)cc(C(F)(F)F)c1. The van der Waals surface area contributed by atoms with Crippen molar-refractivity contribution in [3.8, 4) is 11.8 Å². The maximum Gasteiger partial charge on any atom is 0.416 e. The van der Waals surface area contributed by atoms with Gasteiger partial charge in [-0.3, -0.25) is 0 Å². The number of carbonyl (C=O) groups is 1. The Morgan fingerprint density at radius 3 is 2.31 bits per heavy atom. The predicted molar refractivity (Wildman–Crippen MR) is 128 cm³/mol. The third kappa shape index (κ3) is 5.87. The number of benzene rings is 1. The zero-order chi connectivity index (χ0) is 26.4. The van der Waals surface area contributed by atoms with Crippen molar-refractivity contribution in [1.29, 1.82) is 0 Å². The van der Waals surface area contributed by atoms with E-state index >= 15 is 0 Å². The third-order valence-electron chi connectivity index (χ3n) is 6.46. The van der Waals surface area contributed by atoms with E-state index in [0.29, 0.717) is 24.6 Å². The second-order valence-electron chi connectivity index (χ2n) is 11.0. The number of rotatable bonds is 5. The number of nitrogens with zero attached hydrogens (tertiary/aromatic N) is 4. The van der Waals surface area contributed by atoms with Crippen LogP contribution in [-0.4, -0.2) is 50.5 Å². The Balaban J connectivity index is 1.50. The first kappa shape index (κ1) is 26.1. The molecule has 4 rings (SSSR count). The van der Waals surface area contributed by atoms with Crippen molar-refractivity contribution in [2.24, 2.45) is 11.8 Å². The molecule has 1 amide bonds. The molecule has 198 valence electrons. The number of ether oxygens (including phenoxy) is 2. The minimum atomic E-state index is -4.48. The fourth-order valence-electron chi connectivity index (χ4n) is 4.93. The van der Waals surface area contributed by atoms with Gasteiger partial charge in [-0.05, 0) is 90.0 Å². The number of alkyl halides is 3. The van der Waals surface area contributed by atoms with Crippen LogP contribution in [0.5, 0.6) is 11.8 Å². The van der Waals surface area contributed by atoms with Gasteiger partial charge in [-0.2, -0.15) is 18.2 Å². The normalized spacial score (nSPS) is 22.2. The molecule has 2 aliphatic rings. The van der Waals surface area contributed by atoms with E-state index in [9.17, 15) is 18.0 Å². The number of aromatic nitrogens is 3. The molecule has 1 aromatic carbocycles. The van der Waals surface area contributed by atoms with Crippen LogP contribution in [0.4, 0.5) is 23.9 Å². The molecular formula is C25H34F3N5O3. The van der Waals surface area contributed by atoms with Crippen molar-refractivity contribution < 1.29 is 27.4 Å². The zero-order valence-corrected chi connectivity index (χ0v) is 21.5. The predicted octanol–water partition coefficient (Wildman–Crippen LogP) is 6.04. The highest BCUT2D eigenvalue weighted by molar-refractivity contribution is 5.68. The van der Waals surface area contributed by atoms with Crippen LogP contribution in [0.25, 0.3) is 0 Å². The molecule has 0 radical (unpaired) electrons. The van der Waals surface area contributed by atoms with Gasteiger partial charge in [0.2, 0.25) is 5.95 Å². The number of likely N-dealkylation sites (tertiary alicyclic amines) is 1. The number of carbonyl (C=O) groups excluding carboxylic acids is 1. The number of aryl methyl sites for hydroxylation is 1. The van der Waals surface area contributed by atoms with Gasteiger partial charge in [0, 0.05) is 19.1 Å². The lowest BCUT2D eigenvalue weighted by Crippen LogP contribution is -2.51. The highest BCUT2D eigenvalue weighted by atomic mass is 19.4. The summed E-state index contributed by atoms with van der Waals surface area (Å²) in [5, 5.41) is 7.95. The number of amides is 1. The molecule has 8 nitrogen and oxygen atoms in total. The molecule has 3 atom stereocenters. The van der Waals surface area contributed by atoms with E-state index in [4.69, 9.17) is 9.47 Å². The first-order chi connectivity index (χ1) is 16.7. The van der Waals surface area contributed by atoms with Gasteiger partial charge >= 0.3 is 18.3 Å². The summed E-state index contributed by atoms with van der Waals surface area (Å²) in [4.78, 5) is 18.8. The monoisotopic (exact) mass is 509 g/mol. The number of piperidine rings is 1. The van der Waals surface area contributed by atoms with Gasteiger partial charge in [-0.25, -0.2) is 9.48 Å². The van der Waals surface area contributed by atoms with Crippen molar-refractivity contribution in [2.75, 3.05) is 18.4 Å². The molecule has 11 heteroatoms. The number of nitrogens with one attached hydrogen (secondary N) is 1. The lowest BCUT2D eigenvalue weighted by Gasteiger charge is -2.38.